The Balaban J connectivity index is 2.66. The van der Waals surface area contributed by atoms with Crippen LogP contribution in [0.15, 0.2) is 29.0 Å². The molecule has 0 bridgehead atoms. The smallest absolute Gasteiger partial charge is 0.126 e. The summed E-state index contributed by atoms with van der Waals surface area (Å²) >= 11 is 3.31. The zero-order chi connectivity index (χ0) is 9.26. The minimum absolute atomic E-state index is 0.832. The van der Waals surface area contributed by atoms with E-state index in [9.17, 15) is 0 Å². The Hall–Kier alpha value is -1.16. The number of fused-ring (bicyclic) bond motifs is 1. The quantitative estimate of drug-likeness (QED) is 0.775. The fourth-order valence-electron chi connectivity index (χ4n) is 1.14. The standard InChI is InChI=1S/C9H8BrN3/c1-11-9-3-2-6-4-8(10)12-5-7(6)13-9/h2-5H,1H3,(H,11,13). The summed E-state index contributed by atoms with van der Waals surface area (Å²) in [7, 11) is 1.85. The average molecular weight is 238 g/mol. The zero-order valence-corrected chi connectivity index (χ0v) is 8.67. The second-order valence-corrected chi connectivity index (χ2v) is 3.46. The van der Waals surface area contributed by atoms with Gasteiger partial charge in [-0.25, -0.2) is 9.97 Å². The first-order valence-corrected chi connectivity index (χ1v) is 4.69. The van der Waals surface area contributed by atoms with Crippen LogP contribution in [-0.2, 0) is 0 Å². The molecule has 0 aromatic carbocycles. The minimum Gasteiger partial charge on any atom is -0.373 e. The molecule has 2 aromatic rings. The Morgan fingerprint density at radius 1 is 1.38 bits per heavy atom. The molecule has 4 heteroatoms. The lowest BCUT2D eigenvalue weighted by atomic mass is 10.2. The highest BCUT2D eigenvalue weighted by Gasteiger charge is 1.97. The Bertz CT molecular complexity index is 442. The van der Waals surface area contributed by atoms with Gasteiger partial charge in [0.2, 0.25) is 0 Å². The third-order valence-electron chi connectivity index (χ3n) is 1.80. The molecule has 3 nitrogen and oxygen atoms in total. The average Bonchev–Trinajstić information content (AvgIpc) is 2.17. The first-order valence-electron chi connectivity index (χ1n) is 3.89. The maximum atomic E-state index is 4.34. The van der Waals surface area contributed by atoms with Crippen LogP contribution in [0, 0.1) is 0 Å². The van der Waals surface area contributed by atoms with Crippen molar-refractivity contribution in [2.45, 2.75) is 0 Å². The Morgan fingerprint density at radius 3 is 3.00 bits per heavy atom. The van der Waals surface area contributed by atoms with Gasteiger partial charge in [-0.05, 0) is 34.1 Å². The summed E-state index contributed by atoms with van der Waals surface area (Å²) in [6.45, 7) is 0. The van der Waals surface area contributed by atoms with Crippen molar-refractivity contribution in [2.24, 2.45) is 0 Å². The molecule has 0 radical (unpaired) electrons. The van der Waals surface area contributed by atoms with Crippen LogP contribution in [0.2, 0.25) is 0 Å². The van der Waals surface area contributed by atoms with Crippen LogP contribution < -0.4 is 5.32 Å². The molecule has 0 aliphatic carbocycles. The molecule has 2 heterocycles. The molecule has 1 N–H and O–H groups in total. The van der Waals surface area contributed by atoms with Crippen molar-refractivity contribution in [2.75, 3.05) is 12.4 Å². The van der Waals surface area contributed by atoms with Gasteiger partial charge >= 0.3 is 0 Å². The zero-order valence-electron chi connectivity index (χ0n) is 7.08. The van der Waals surface area contributed by atoms with Gasteiger partial charge in [0.25, 0.3) is 0 Å². The van der Waals surface area contributed by atoms with Crippen molar-refractivity contribution in [1.82, 2.24) is 9.97 Å². The molecule has 0 spiro atoms. The van der Waals surface area contributed by atoms with Crippen LogP contribution in [0.4, 0.5) is 5.82 Å². The molecule has 0 unspecified atom stereocenters. The second-order valence-electron chi connectivity index (χ2n) is 2.65. The summed E-state index contributed by atoms with van der Waals surface area (Å²) in [6.07, 6.45) is 1.75. The van der Waals surface area contributed by atoms with Crippen molar-refractivity contribution >= 4 is 32.7 Å². The van der Waals surface area contributed by atoms with E-state index in [2.05, 4.69) is 31.2 Å². The molecule has 0 saturated carbocycles. The second kappa shape index (κ2) is 3.30. The van der Waals surface area contributed by atoms with E-state index in [0.29, 0.717) is 0 Å². The Labute approximate surface area is 84.3 Å². The lowest BCUT2D eigenvalue weighted by molar-refractivity contribution is 1.26. The van der Waals surface area contributed by atoms with Gasteiger partial charge in [-0.3, -0.25) is 0 Å². The summed E-state index contributed by atoms with van der Waals surface area (Å²) in [5.74, 6) is 0.858. The number of anilines is 1. The predicted octanol–water partition coefficient (Wildman–Crippen LogP) is 2.43. The highest BCUT2D eigenvalue weighted by molar-refractivity contribution is 9.10. The van der Waals surface area contributed by atoms with Crippen LogP contribution in [0.3, 0.4) is 0 Å². The van der Waals surface area contributed by atoms with Crippen molar-refractivity contribution in [3.8, 4) is 0 Å². The molecule has 0 aliphatic rings. The molecule has 0 aliphatic heterocycles. The molecule has 2 aromatic heterocycles. The van der Waals surface area contributed by atoms with E-state index in [4.69, 9.17) is 0 Å². The number of hydrogen-bond donors (Lipinski definition) is 1. The highest BCUT2D eigenvalue weighted by Crippen LogP contribution is 2.17. The SMILES string of the molecule is CNc1ccc2cc(Br)ncc2n1. The summed E-state index contributed by atoms with van der Waals surface area (Å²) in [6, 6.07) is 5.90. The molecular weight excluding hydrogens is 230 g/mol. The van der Waals surface area contributed by atoms with E-state index in [0.717, 1.165) is 21.3 Å². The maximum Gasteiger partial charge on any atom is 0.126 e. The van der Waals surface area contributed by atoms with Crippen molar-refractivity contribution in [3.05, 3.63) is 29.0 Å². The molecule has 0 atom stereocenters. The molecular formula is C9H8BrN3. The molecule has 0 fully saturated rings. The van der Waals surface area contributed by atoms with Gasteiger partial charge in [-0.2, -0.15) is 0 Å². The van der Waals surface area contributed by atoms with Crippen molar-refractivity contribution in [3.63, 3.8) is 0 Å². The Morgan fingerprint density at radius 2 is 2.23 bits per heavy atom. The van der Waals surface area contributed by atoms with E-state index in [-0.39, 0.29) is 0 Å². The normalized spacial score (nSPS) is 10.3. The van der Waals surface area contributed by atoms with E-state index in [1.54, 1.807) is 6.20 Å². The Kier molecular flexibility index (Phi) is 2.14. The predicted molar refractivity (Wildman–Crippen MR) is 56.8 cm³/mol. The van der Waals surface area contributed by atoms with Gasteiger partial charge < -0.3 is 5.32 Å². The van der Waals surface area contributed by atoms with Crippen LogP contribution in [-0.4, -0.2) is 17.0 Å². The number of halogens is 1. The molecule has 13 heavy (non-hydrogen) atoms. The molecule has 2 rings (SSSR count). The lowest BCUT2D eigenvalue weighted by Crippen LogP contribution is -1.92. The largest absolute Gasteiger partial charge is 0.373 e. The number of nitrogens with one attached hydrogen (secondary N) is 1. The summed E-state index contributed by atoms with van der Waals surface area (Å²) < 4.78 is 0.832. The van der Waals surface area contributed by atoms with Crippen LogP contribution in [0.5, 0.6) is 0 Å². The molecule has 0 amide bonds. The van der Waals surface area contributed by atoms with Gasteiger partial charge in [-0.15, -0.1) is 0 Å². The van der Waals surface area contributed by atoms with E-state index >= 15 is 0 Å². The first-order chi connectivity index (χ1) is 6.29. The fraction of sp³-hybridized carbons (Fsp3) is 0.111. The highest BCUT2D eigenvalue weighted by atomic mass is 79.9. The minimum atomic E-state index is 0.832. The number of aromatic nitrogens is 2. The van der Waals surface area contributed by atoms with Gasteiger partial charge in [0.1, 0.15) is 10.4 Å². The van der Waals surface area contributed by atoms with Crippen LogP contribution >= 0.6 is 15.9 Å². The van der Waals surface area contributed by atoms with Crippen LogP contribution in [0.25, 0.3) is 10.9 Å². The number of rotatable bonds is 1. The van der Waals surface area contributed by atoms with Gasteiger partial charge in [0, 0.05) is 12.4 Å². The van der Waals surface area contributed by atoms with Crippen molar-refractivity contribution < 1.29 is 0 Å². The third-order valence-corrected chi connectivity index (χ3v) is 2.23. The number of nitrogens with zero attached hydrogens (tertiary/aromatic N) is 2. The topological polar surface area (TPSA) is 37.8 Å². The maximum absolute atomic E-state index is 4.34. The van der Waals surface area contributed by atoms with Gasteiger partial charge in [0.15, 0.2) is 0 Å². The first kappa shape index (κ1) is 8.44. The lowest BCUT2D eigenvalue weighted by Gasteiger charge is -2.01. The van der Waals surface area contributed by atoms with Crippen LogP contribution in [0.1, 0.15) is 0 Å². The van der Waals surface area contributed by atoms with Gasteiger partial charge in [-0.1, -0.05) is 0 Å². The number of hydrogen-bond acceptors (Lipinski definition) is 3. The summed E-state index contributed by atoms with van der Waals surface area (Å²) in [4.78, 5) is 8.45. The fourth-order valence-corrected chi connectivity index (χ4v) is 1.49. The molecule has 66 valence electrons. The number of pyridine rings is 2. The molecule has 0 saturated heterocycles. The van der Waals surface area contributed by atoms with E-state index in [1.807, 2.05) is 25.2 Å². The monoisotopic (exact) mass is 237 g/mol. The third kappa shape index (κ3) is 1.62. The van der Waals surface area contributed by atoms with E-state index in [1.165, 1.54) is 0 Å². The summed E-state index contributed by atoms with van der Waals surface area (Å²) in [5, 5.41) is 4.07. The van der Waals surface area contributed by atoms with E-state index < -0.39 is 0 Å². The van der Waals surface area contributed by atoms with Gasteiger partial charge in [0.05, 0.1) is 11.7 Å². The van der Waals surface area contributed by atoms with Crippen molar-refractivity contribution in [1.29, 1.82) is 0 Å². The summed E-state index contributed by atoms with van der Waals surface area (Å²) in [5.41, 5.74) is 0.898.